The van der Waals surface area contributed by atoms with E-state index in [1.807, 2.05) is 6.92 Å². The fraction of sp³-hybridized carbons (Fsp3) is 0.500. The molecule has 0 saturated carbocycles. The van der Waals surface area contributed by atoms with Gasteiger partial charge in [-0.3, -0.25) is 4.79 Å². The van der Waals surface area contributed by atoms with Crippen LogP contribution in [0.25, 0.3) is 10.2 Å². The van der Waals surface area contributed by atoms with Gasteiger partial charge in [0.05, 0.1) is 15.1 Å². The number of nitrogens with one attached hydrogen (secondary N) is 1. The first-order valence-corrected chi connectivity index (χ1v) is 10.5. The van der Waals surface area contributed by atoms with Gasteiger partial charge in [0.2, 0.25) is 5.91 Å². The summed E-state index contributed by atoms with van der Waals surface area (Å²) in [6.07, 6.45) is 4.96. The van der Waals surface area contributed by atoms with Crippen LogP contribution in [0.2, 0.25) is 0 Å². The minimum absolute atomic E-state index is 0.00598. The normalized spacial score (nSPS) is 13.2. The van der Waals surface area contributed by atoms with Crippen LogP contribution in [0.5, 0.6) is 0 Å². The molecule has 0 saturated heterocycles. The van der Waals surface area contributed by atoms with Crippen LogP contribution in [0.4, 0.5) is 5.13 Å². The maximum atomic E-state index is 12.3. The lowest BCUT2D eigenvalue weighted by Gasteiger charge is -2.12. The van der Waals surface area contributed by atoms with E-state index in [-0.39, 0.29) is 16.7 Å². The van der Waals surface area contributed by atoms with Crippen molar-refractivity contribution >= 4 is 42.4 Å². The lowest BCUT2D eigenvalue weighted by atomic mass is 9.99. The van der Waals surface area contributed by atoms with E-state index in [0.29, 0.717) is 10.6 Å². The van der Waals surface area contributed by atoms with Crippen LogP contribution < -0.4 is 5.32 Å². The predicted octanol–water partition coefficient (Wildman–Crippen LogP) is 3.85. The fourth-order valence-corrected chi connectivity index (χ4v) is 4.00. The number of amides is 1. The second-order valence-electron chi connectivity index (χ2n) is 5.66. The first-order valence-electron chi connectivity index (χ1n) is 7.76. The molecule has 126 valence electrons. The van der Waals surface area contributed by atoms with Gasteiger partial charge in [-0.25, -0.2) is 13.4 Å². The number of benzene rings is 1. The first-order chi connectivity index (χ1) is 10.8. The first kappa shape index (κ1) is 17.9. The van der Waals surface area contributed by atoms with Gasteiger partial charge in [0.25, 0.3) is 0 Å². The molecule has 0 spiro atoms. The Morgan fingerprint density at radius 2 is 2.09 bits per heavy atom. The lowest BCUT2D eigenvalue weighted by molar-refractivity contribution is -0.120. The number of carbonyl (C=O) groups excluding carboxylic acids is 1. The largest absolute Gasteiger partial charge is 0.302 e. The standard InChI is InChI=1S/C16H22N2O3S2/c1-4-6-7-11(5-2)15(19)18-16-17-13-9-8-12(23(3,20)21)10-14(13)22-16/h8-11H,4-7H2,1-3H3,(H,17,18,19)/t11-/m0/s1. The summed E-state index contributed by atoms with van der Waals surface area (Å²) in [5.41, 5.74) is 0.694. The highest BCUT2D eigenvalue weighted by Gasteiger charge is 2.18. The molecule has 1 N–H and O–H groups in total. The third kappa shape index (κ3) is 4.51. The molecule has 1 amide bonds. The van der Waals surface area contributed by atoms with Gasteiger partial charge in [0, 0.05) is 12.2 Å². The van der Waals surface area contributed by atoms with Crippen LogP contribution in [0.15, 0.2) is 23.1 Å². The van der Waals surface area contributed by atoms with Crippen molar-refractivity contribution in [1.82, 2.24) is 4.98 Å². The van der Waals surface area contributed by atoms with Gasteiger partial charge in [-0.1, -0.05) is 38.0 Å². The minimum Gasteiger partial charge on any atom is -0.302 e. The zero-order valence-electron chi connectivity index (χ0n) is 13.6. The Hall–Kier alpha value is -1.47. The van der Waals surface area contributed by atoms with Gasteiger partial charge >= 0.3 is 0 Å². The molecular formula is C16H22N2O3S2. The SMILES string of the molecule is CCCC[C@H](CC)C(=O)Nc1nc2ccc(S(C)(=O)=O)cc2s1. The zero-order valence-corrected chi connectivity index (χ0v) is 15.3. The second-order valence-corrected chi connectivity index (χ2v) is 8.70. The maximum absolute atomic E-state index is 12.3. The van der Waals surface area contributed by atoms with E-state index in [2.05, 4.69) is 17.2 Å². The molecule has 0 aliphatic carbocycles. The molecule has 0 fully saturated rings. The predicted molar refractivity (Wildman–Crippen MR) is 94.7 cm³/mol. The molecule has 0 unspecified atom stereocenters. The van der Waals surface area contributed by atoms with E-state index in [1.165, 1.54) is 17.6 Å². The highest BCUT2D eigenvalue weighted by molar-refractivity contribution is 7.90. The number of hydrogen-bond donors (Lipinski definition) is 1. The summed E-state index contributed by atoms with van der Waals surface area (Å²) in [4.78, 5) is 16.9. The van der Waals surface area contributed by atoms with E-state index >= 15 is 0 Å². The summed E-state index contributed by atoms with van der Waals surface area (Å²) in [5.74, 6) is -0.0168. The summed E-state index contributed by atoms with van der Waals surface area (Å²) < 4.78 is 24.0. The number of carbonyl (C=O) groups is 1. The van der Waals surface area contributed by atoms with E-state index in [0.717, 1.165) is 30.4 Å². The Morgan fingerprint density at radius 1 is 1.35 bits per heavy atom. The van der Waals surface area contributed by atoms with Crippen molar-refractivity contribution in [3.63, 3.8) is 0 Å². The minimum atomic E-state index is -3.24. The number of anilines is 1. The number of hydrogen-bond acceptors (Lipinski definition) is 5. The summed E-state index contributed by atoms with van der Waals surface area (Å²) in [6, 6.07) is 4.82. The monoisotopic (exact) mass is 354 g/mol. The van der Waals surface area contributed by atoms with Gasteiger partial charge in [-0.05, 0) is 31.0 Å². The van der Waals surface area contributed by atoms with E-state index < -0.39 is 9.84 Å². The molecule has 0 radical (unpaired) electrons. The quantitative estimate of drug-likeness (QED) is 0.819. The molecule has 0 bridgehead atoms. The molecule has 1 aromatic heterocycles. The zero-order chi connectivity index (χ0) is 17.0. The van der Waals surface area contributed by atoms with E-state index in [4.69, 9.17) is 0 Å². The summed E-state index contributed by atoms with van der Waals surface area (Å²) >= 11 is 1.30. The van der Waals surface area contributed by atoms with Crippen LogP contribution in [-0.4, -0.2) is 25.6 Å². The number of aromatic nitrogens is 1. The van der Waals surface area contributed by atoms with Crippen molar-refractivity contribution in [2.75, 3.05) is 11.6 Å². The van der Waals surface area contributed by atoms with Crippen molar-refractivity contribution < 1.29 is 13.2 Å². The maximum Gasteiger partial charge on any atom is 0.229 e. The Morgan fingerprint density at radius 3 is 2.70 bits per heavy atom. The van der Waals surface area contributed by atoms with Gasteiger partial charge in [-0.15, -0.1) is 0 Å². The fourth-order valence-electron chi connectivity index (χ4n) is 2.37. The Labute approximate surface area is 141 Å². The Kier molecular flexibility index (Phi) is 5.75. The van der Waals surface area contributed by atoms with Crippen molar-refractivity contribution in [3.05, 3.63) is 18.2 Å². The Balaban J connectivity index is 2.19. The summed E-state index contributed by atoms with van der Waals surface area (Å²) in [7, 11) is -3.24. The molecule has 7 heteroatoms. The smallest absolute Gasteiger partial charge is 0.229 e. The third-order valence-corrected chi connectivity index (χ3v) is 5.83. The molecule has 0 aliphatic rings. The number of unbranched alkanes of at least 4 members (excludes halogenated alkanes) is 1. The molecule has 2 aromatic rings. The number of rotatable bonds is 7. The molecule has 1 atom stereocenters. The van der Waals surface area contributed by atoms with Gasteiger partial charge in [0.1, 0.15) is 0 Å². The molecular weight excluding hydrogens is 332 g/mol. The highest BCUT2D eigenvalue weighted by atomic mass is 32.2. The molecule has 1 aromatic carbocycles. The number of fused-ring (bicyclic) bond motifs is 1. The third-order valence-electron chi connectivity index (χ3n) is 3.79. The summed E-state index contributed by atoms with van der Waals surface area (Å²) in [5, 5.41) is 3.39. The van der Waals surface area contributed by atoms with E-state index in [9.17, 15) is 13.2 Å². The molecule has 1 heterocycles. The van der Waals surface area contributed by atoms with Gasteiger partial charge in [-0.2, -0.15) is 0 Å². The molecule has 23 heavy (non-hydrogen) atoms. The van der Waals surface area contributed by atoms with Crippen molar-refractivity contribution in [1.29, 1.82) is 0 Å². The lowest BCUT2D eigenvalue weighted by Crippen LogP contribution is -2.22. The van der Waals surface area contributed by atoms with Crippen molar-refractivity contribution in [2.24, 2.45) is 5.92 Å². The van der Waals surface area contributed by atoms with Crippen molar-refractivity contribution in [3.8, 4) is 0 Å². The highest BCUT2D eigenvalue weighted by Crippen LogP contribution is 2.29. The average molecular weight is 354 g/mol. The van der Waals surface area contributed by atoms with Gasteiger partial charge < -0.3 is 5.32 Å². The van der Waals surface area contributed by atoms with Gasteiger partial charge in [0.15, 0.2) is 15.0 Å². The van der Waals surface area contributed by atoms with Crippen LogP contribution in [0.3, 0.4) is 0 Å². The van der Waals surface area contributed by atoms with Crippen molar-refractivity contribution in [2.45, 2.75) is 44.4 Å². The number of nitrogens with zero attached hydrogens (tertiary/aromatic N) is 1. The Bertz CT molecular complexity index is 797. The van der Waals surface area contributed by atoms with Crippen LogP contribution >= 0.6 is 11.3 Å². The van der Waals surface area contributed by atoms with Crippen LogP contribution in [0.1, 0.15) is 39.5 Å². The number of thiazole rings is 1. The van der Waals surface area contributed by atoms with Crippen LogP contribution in [0, 0.1) is 5.92 Å². The van der Waals surface area contributed by atoms with Crippen LogP contribution in [-0.2, 0) is 14.6 Å². The summed E-state index contributed by atoms with van der Waals surface area (Å²) in [6.45, 7) is 4.12. The average Bonchev–Trinajstić information content (AvgIpc) is 2.88. The molecule has 2 rings (SSSR count). The molecule has 5 nitrogen and oxygen atoms in total. The van der Waals surface area contributed by atoms with E-state index in [1.54, 1.807) is 18.2 Å². The topological polar surface area (TPSA) is 76.1 Å². The second kappa shape index (κ2) is 7.40. The molecule has 0 aliphatic heterocycles. The number of sulfone groups is 1.